The van der Waals surface area contributed by atoms with E-state index in [0.29, 0.717) is 12.2 Å². The number of imidazole rings is 1. The highest BCUT2D eigenvalue weighted by atomic mass is 16.5. The first kappa shape index (κ1) is 23.2. The first-order valence-electron chi connectivity index (χ1n) is 10.4. The van der Waals surface area contributed by atoms with Crippen LogP contribution in [0.5, 0.6) is 5.75 Å². The summed E-state index contributed by atoms with van der Waals surface area (Å²) in [5.74, 6) is 1.57. The van der Waals surface area contributed by atoms with Crippen molar-refractivity contribution in [1.82, 2.24) is 19.4 Å². The lowest BCUT2D eigenvalue weighted by Gasteiger charge is -2.11. The van der Waals surface area contributed by atoms with Gasteiger partial charge in [0.1, 0.15) is 17.5 Å². The Morgan fingerprint density at radius 3 is 2.82 bits per heavy atom. The molecule has 33 heavy (non-hydrogen) atoms. The van der Waals surface area contributed by atoms with Gasteiger partial charge in [0, 0.05) is 42.5 Å². The molecule has 3 heterocycles. The third kappa shape index (κ3) is 6.27. The molecular formula is C24H24N6O3. The molecular weight excluding hydrogens is 420 g/mol. The summed E-state index contributed by atoms with van der Waals surface area (Å²) in [7, 11) is 0. The zero-order chi connectivity index (χ0) is 23.5. The Labute approximate surface area is 191 Å². The molecule has 0 aliphatic rings. The van der Waals surface area contributed by atoms with Gasteiger partial charge in [-0.15, -0.1) is 0 Å². The van der Waals surface area contributed by atoms with E-state index in [0.717, 1.165) is 53.7 Å². The number of pyridine rings is 1. The van der Waals surface area contributed by atoms with Crippen LogP contribution in [0.25, 0.3) is 16.9 Å². The Bertz CT molecular complexity index is 1230. The molecule has 1 aromatic carbocycles. The van der Waals surface area contributed by atoms with E-state index in [-0.39, 0.29) is 6.47 Å². The largest absolute Gasteiger partial charge is 0.494 e. The van der Waals surface area contributed by atoms with Gasteiger partial charge in [-0.05, 0) is 44.0 Å². The number of nitriles is 1. The standard InChI is InChI=1S/C23H22N6O.CH2O2/c1-2-30-20-7-3-5-18(13-20)21-14-22-25-11-12-29(22)23(28-21)26-10-4-6-19-9-8-17(15-24)16-27-19;2-1-3/h3,5,7-9,11-14,16H,2,4,6,10H2,1H3,(H,26,28);1H,(H,2,3). The summed E-state index contributed by atoms with van der Waals surface area (Å²) in [5, 5.41) is 19.2. The molecule has 9 nitrogen and oxygen atoms in total. The van der Waals surface area contributed by atoms with Crippen molar-refractivity contribution in [1.29, 1.82) is 5.26 Å². The fourth-order valence-electron chi connectivity index (χ4n) is 3.22. The molecule has 4 aromatic rings. The molecule has 0 radical (unpaired) electrons. The van der Waals surface area contributed by atoms with Crippen LogP contribution in [0.4, 0.5) is 5.95 Å². The normalized spacial score (nSPS) is 10.1. The number of aromatic nitrogens is 4. The van der Waals surface area contributed by atoms with Crippen molar-refractivity contribution >= 4 is 18.1 Å². The molecule has 2 N–H and O–H groups in total. The lowest BCUT2D eigenvalue weighted by molar-refractivity contribution is -0.122. The summed E-state index contributed by atoms with van der Waals surface area (Å²) in [5.41, 5.74) is 4.20. The van der Waals surface area contributed by atoms with Crippen LogP contribution < -0.4 is 10.1 Å². The van der Waals surface area contributed by atoms with Gasteiger partial charge < -0.3 is 15.2 Å². The van der Waals surface area contributed by atoms with Crippen molar-refractivity contribution in [2.45, 2.75) is 19.8 Å². The predicted molar refractivity (Wildman–Crippen MR) is 124 cm³/mol. The van der Waals surface area contributed by atoms with Crippen molar-refractivity contribution in [3.05, 3.63) is 72.3 Å². The Morgan fingerprint density at radius 1 is 1.24 bits per heavy atom. The molecule has 0 aliphatic heterocycles. The highest BCUT2D eigenvalue weighted by Gasteiger charge is 2.09. The molecule has 0 saturated carbocycles. The molecule has 0 spiro atoms. The highest BCUT2D eigenvalue weighted by molar-refractivity contribution is 5.67. The SMILES string of the molecule is CCOc1cccc(-c2cc3nccn3c(NCCCc3ccc(C#N)cn3)n2)c1.O=CO. The third-order valence-electron chi connectivity index (χ3n) is 4.68. The van der Waals surface area contributed by atoms with Gasteiger partial charge in [0.25, 0.3) is 6.47 Å². The first-order chi connectivity index (χ1) is 16.2. The molecule has 0 atom stereocenters. The molecule has 0 saturated heterocycles. The average Bonchev–Trinajstić information content (AvgIpc) is 3.32. The number of nitrogens with zero attached hydrogens (tertiary/aromatic N) is 5. The minimum absolute atomic E-state index is 0.250. The second-order valence-corrected chi connectivity index (χ2v) is 6.87. The number of hydrogen-bond acceptors (Lipinski definition) is 7. The number of ether oxygens (including phenoxy) is 1. The van der Waals surface area contributed by atoms with Crippen LogP contribution >= 0.6 is 0 Å². The fourth-order valence-corrected chi connectivity index (χ4v) is 3.22. The zero-order valence-corrected chi connectivity index (χ0v) is 18.2. The Kier molecular flexibility index (Phi) is 8.31. The second-order valence-electron chi connectivity index (χ2n) is 6.87. The van der Waals surface area contributed by atoms with Gasteiger partial charge in [-0.25, -0.2) is 9.97 Å². The molecule has 0 aliphatic carbocycles. The van der Waals surface area contributed by atoms with E-state index in [2.05, 4.69) is 21.4 Å². The number of carbonyl (C=O) groups is 1. The minimum atomic E-state index is -0.250. The number of hydrogen-bond donors (Lipinski definition) is 2. The number of aryl methyl sites for hydroxylation is 1. The van der Waals surface area contributed by atoms with E-state index in [9.17, 15) is 0 Å². The lowest BCUT2D eigenvalue weighted by Crippen LogP contribution is -2.09. The number of fused-ring (bicyclic) bond motifs is 1. The van der Waals surface area contributed by atoms with Crippen LogP contribution in [0.3, 0.4) is 0 Å². The quantitative estimate of drug-likeness (QED) is 0.310. The Balaban J connectivity index is 0.000000968. The van der Waals surface area contributed by atoms with Gasteiger partial charge in [-0.1, -0.05) is 12.1 Å². The van der Waals surface area contributed by atoms with Gasteiger partial charge in [0.2, 0.25) is 5.95 Å². The lowest BCUT2D eigenvalue weighted by atomic mass is 10.1. The Hall–Kier alpha value is -4.45. The molecule has 4 rings (SSSR count). The van der Waals surface area contributed by atoms with Crippen LogP contribution in [-0.2, 0) is 11.2 Å². The summed E-state index contributed by atoms with van der Waals surface area (Å²) >= 11 is 0. The average molecular weight is 444 g/mol. The van der Waals surface area contributed by atoms with E-state index >= 15 is 0 Å². The molecule has 9 heteroatoms. The molecule has 0 amide bonds. The number of nitrogens with one attached hydrogen (secondary N) is 1. The van der Waals surface area contributed by atoms with Crippen LogP contribution in [0.2, 0.25) is 0 Å². The van der Waals surface area contributed by atoms with Gasteiger partial charge in [-0.2, -0.15) is 5.26 Å². The number of benzene rings is 1. The summed E-state index contributed by atoms with van der Waals surface area (Å²) in [4.78, 5) is 21.9. The van der Waals surface area contributed by atoms with Gasteiger partial charge in [-0.3, -0.25) is 14.2 Å². The van der Waals surface area contributed by atoms with Crippen LogP contribution in [0, 0.1) is 11.3 Å². The van der Waals surface area contributed by atoms with Crippen molar-refractivity contribution < 1.29 is 14.6 Å². The van der Waals surface area contributed by atoms with Crippen molar-refractivity contribution in [3.8, 4) is 23.1 Å². The maximum absolute atomic E-state index is 8.86. The van der Waals surface area contributed by atoms with E-state index in [1.807, 2.05) is 53.9 Å². The van der Waals surface area contributed by atoms with Crippen molar-refractivity contribution in [2.75, 3.05) is 18.5 Å². The monoisotopic (exact) mass is 444 g/mol. The number of rotatable bonds is 8. The molecule has 168 valence electrons. The number of anilines is 1. The molecule has 0 bridgehead atoms. The maximum Gasteiger partial charge on any atom is 0.290 e. The van der Waals surface area contributed by atoms with Crippen LogP contribution in [-0.4, -0.2) is 44.1 Å². The van der Waals surface area contributed by atoms with Crippen LogP contribution in [0.15, 0.2) is 61.1 Å². The fraction of sp³-hybridized carbons (Fsp3) is 0.208. The molecule has 0 fully saturated rings. The van der Waals surface area contributed by atoms with Crippen molar-refractivity contribution in [2.24, 2.45) is 0 Å². The summed E-state index contributed by atoms with van der Waals surface area (Å²) < 4.78 is 7.56. The smallest absolute Gasteiger partial charge is 0.290 e. The Morgan fingerprint density at radius 2 is 2.09 bits per heavy atom. The van der Waals surface area contributed by atoms with Crippen LogP contribution in [0.1, 0.15) is 24.6 Å². The third-order valence-corrected chi connectivity index (χ3v) is 4.68. The number of carboxylic acid groups (broad SMARTS) is 1. The summed E-state index contributed by atoms with van der Waals surface area (Å²) in [6, 6.07) is 15.7. The summed E-state index contributed by atoms with van der Waals surface area (Å²) in [6.45, 7) is 3.08. The van der Waals surface area contributed by atoms with E-state index < -0.39 is 0 Å². The van der Waals surface area contributed by atoms with E-state index in [1.165, 1.54) is 0 Å². The molecule has 3 aromatic heterocycles. The van der Waals surface area contributed by atoms with Crippen molar-refractivity contribution in [3.63, 3.8) is 0 Å². The highest BCUT2D eigenvalue weighted by Crippen LogP contribution is 2.25. The van der Waals surface area contributed by atoms with E-state index in [1.54, 1.807) is 18.5 Å². The zero-order valence-electron chi connectivity index (χ0n) is 18.2. The predicted octanol–water partition coefficient (Wildman–Crippen LogP) is 3.81. The second kappa shape index (κ2) is 11.8. The first-order valence-corrected chi connectivity index (χ1v) is 10.4. The molecule has 0 unspecified atom stereocenters. The van der Waals surface area contributed by atoms with Gasteiger partial charge >= 0.3 is 0 Å². The van der Waals surface area contributed by atoms with E-state index in [4.69, 9.17) is 24.9 Å². The maximum atomic E-state index is 8.86. The topological polar surface area (TPSA) is 125 Å². The van der Waals surface area contributed by atoms with Gasteiger partial charge in [0.05, 0.1) is 17.9 Å². The van der Waals surface area contributed by atoms with Gasteiger partial charge in [0.15, 0.2) is 0 Å². The summed E-state index contributed by atoms with van der Waals surface area (Å²) in [6.07, 6.45) is 6.98. The minimum Gasteiger partial charge on any atom is -0.494 e.